The van der Waals surface area contributed by atoms with E-state index in [1.54, 1.807) is 0 Å². The lowest BCUT2D eigenvalue weighted by atomic mass is 10.1. The molecule has 2 unspecified atom stereocenters. The van der Waals surface area contributed by atoms with Crippen molar-refractivity contribution in [1.82, 2.24) is 9.55 Å². The van der Waals surface area contributed by atoms with Gasteiger partial charge < -0.3 is 51.6 Å². The molecule has 1 fully saturated rings. The van der Waals surface area contributed by atoms with Gasteiger partial charge in [-0.3, -0.25) is 13.4 Å². The van der Waals surface area contributed by atoms with Crippen LogP contribution in [0.5, 0.6) is 5.88 Å². The molecule has 2 heterocycles. The predicted molar refractivity (Wildman–Crippen MR) is 83.7 cm³/mol. The number of aliphatic hydroxyl groups excluding tert-OH is 2. The van der Waals surface area contributed by atoms with Crippen LogP contribution in [0.3, 0.4) is 0 Å². The molecule has 3 N–H and O–H groups in total. The van der Waals surface area contributed by atoms with E-state index in [4.69, 9.17) is 4.74 Å². The molecule has 2 rings (SSSR count). The maximum Gasteiger partial charge on any atom is 0.349 e. The lowest BCUT2D eigenvalue weighted by Gasteiger charge is -2.36. The number of aliphatic hydroxyl groups is 2. The third kappa shape index (κ3) is 7.02. The Morgan fingerprint density at radius 3 is 2.48 bits per heavy atom. The number of hydrogen-bond donors (Lipinski definition) is 3. The van der Waals surface area contributed by atoms with Crippen molar-refractivity contribution in [3.63, 3.8) is 0 Å². The summed E-state index contributed by atoms with van der Waals surface area (Å²) < 4.78 is 38.9. The van der Waals surface area contributed by atoms with E-state index in [0.717, 1.165) is 12.3 Å². The SMILES string of the molecule is O=c1nc([O-])ccn1[C@@H]1O[C@H](CO[P+](O)([S-])OP(=O)([O-])OP(=O)([O-])[O-])[C@@H](O)[C@H]1O. The summed E-state index contributed by atoms with van der Waals surface area (Å²) in [5.74, 6) is -0.859. The molecule has 1 aromatic rings. The van der Waals surface area contributed by atoms with Gasteiger partial charge in [-0.1, -0.05) is 0 Å². The molecule has 20 heteroatoms. The van der Waals surface area contributed by atoms with Crippen molar-refractivity contribution < 1.29 is 61.9 Å². The molecule has 0 radical (unpaired) electrons. The number of phosphoric acid groups is 2. The Labute approximate surface area is 166 Å². The average molecular weight is 496 g/mol. The molecular formula is C9H11N2O14P3S-4. The van der Waals surface area contributed by atoms with Crippen molar-refractivity contribution >= 4 is 35.0 Å². The Kier molecular flexibility index (Phi) is 7.64. The summed E-state index contributed by atoms with van der Waals surface area (Å²) in [6, 6.07) is 0.881. The van der Waals surface area contributed by atoms with E-state index in [9.17, 15) is 48.8 Å². The van der Waals surface area contributed by atoms with Gasteiger partial charge in [0.15, 0.2) is 6.23 Å². The molecule has 0 amide bonds. The highest BCUT2D eigenvalue weighted by atomic mass is 32.7. The average Bonchev–Trinajstić information content (AvgIpc) is 2.78. The molecule has 0 aliphatic carbocycles. The highest BCUT2D eigenvalue weighted by molar-refractivity contribution is 8.36. The topological polar surface area (TPSA) is 259 Å². The summed E-state index contributed by atoms with van der Waals surface area (Å²) in [7, 11) is -16.7. The van der Waals surface area contributed by atoms with Crippen molar-refractivity contribution in [3.05, 3.63) is 22.7 Å². The first-order chi connectivity index (χ1) is 13.1. The normalized spacial score (nSPS) is 29.3. The summed E-state index contributed by atoms with van der Waals surface area (Å²) in [5, 5.41) is 31.0. The van der Waals surface area contributed by atoms with Gasteiger partial charge in [-0.2, -0.15) is 4.52 Å². The van der Waals surface area contributed by atoms with Crippen molar-refractivity contribution in [2.45, 2.75) is 24.5 Å². The Bertz CT molecular complexity index is 889. The Balaban J connectivity index is 2.04. The third-order valence-electron chi connectivity index (χ3n) is 3.22. The minimum Gasteiger partial charge on any atom is -0.858 e. The largest absolute Gasteiger partial charge is 0.858 e. The zero-order chi connectivity index (χ0) is 22.2. The van der Waals surface area contributed by atoms with E-state index in [-0.39, 0.29) is 0 Å². The molecule has 1 aromatic heterocycles. The monoisotopic (exact) mass is 496 g/mol. The zero-order valence-electron chi connectivity index (χ0n) is 13.6. The van der Waals surface area contributed by atoms with Crippen LogP contribution in [0.4, 0.5) is 0 Å². The lowest BCUT2D eigenvalue weighted by molar-refractivity contribution is -0.339. The molecule has 1 saturated heterocycles. The van der Waals surface area contributed by atoms with E-state index < -0.39 is 65.5 Å². The van der Waals surface area contributed by atoms with Gasteiger partial charge in [-0.25, -0.2) is 14.7 Å². The van der Waals surface area contributed by atoms with Crippen LogP contribution in [0, 0.1) is 0 Å². The predicted octanol–water partition coefficient (Wildman–Crippen LogP) is -4.50. The van der Waals surface area contributed by atoms with Crippen molar-refractivity contribution in [1.29, 1.82) is 0 Å². The minimum absolute atomic E-state index is 0.681. The minimum atomic E-state index is -6.04. The van der Waals surface area contributed by atoms with Crippen LogP contribution in [0.25, 0.3) is 0 Å². The van der Waals surface area contributed by atoms with Gasteiger partial charge in [0.05, 0.1) is 7.82 Å². The highest BCUT2D eigenvalue weighted by Crippen LogP contribution is 2.67. The molecule has 166 valence electrons. The number of hydrogen-bond acceptors (Lipinski definition) is 16. The van der Waals surface area contributed by atoms with Crippen LogP contribution < -0.4 is 25.5 Å². The lowest BCUT2D eigenvalue weighted by Crippen LogP contribution is -2.36. The molecule has 6 atom stereocenters. The van der Waals surface area contributed by atoms with E-state index in [0.29, 0.717) is 4.57 Å². The first-order valence-corrected chi connectivity index (χ1v) is 12.6. The van der Waals surface area contributed by atoms with Gasteiger partial charge in [-0.15, -0.1) is 4.31 Å². The molecule has 29 heavy (non-hydrogen) atoms. The highest BCUT2D eigenvalue weighted by Gasteiger charge is 2.46. The Morgan fingerprint density at radius 1 is 1.31 bits per heavy atom. The van der Waals surface area contributed by atoms with Crippen LogP contribution >= 0.6 is 22.8 Å². The van der Waals surface area contributed by atoms with E-state index >= 15 is 0 Å². The van der Waals surface area contributed by atoms with Gasteiger partial charge in [0.25, 0.3) is 7.15 Å². The van der Waals surface area contributed by atoms with Crippen molar-refractivity contribution in [2.24, 2.45) is 0 Å². The van der Waals surface area contributed by atoms with Gasteiger partial charge >= 0.3 is 13.5 Å². The van der Waals surface area contributed by atoms with E-state index in [2.05, 4.69) is 30.4 Å². The molecule has 0 spiro atoms. The van der Waals surface area contributed by atoms with Crippen LogP contribution in [-0.4, -0.2) is 49.6 Å². The number of ether oxygens (including phenoxy) is 1. The second-order valence-corrected chi connectivity index (χ2v) is 11.0. The van der Waals surface area contributed by atoms with Gasteiger partial charge in [0.2, 0.25) is 0 Å². The van der Waals surface area contributed by atoms with E-state index in [1.165, 1.54) is 0 Å². The fourth-order valence-corrected chi connectivity index (χ4v) is 5.96. The maximum absolute atomic E-state index is 11.7. The fourth-order valence-electron chi connectivity index (χ4n) is 2.14. The number of nitrogens with zero attached hydrogens (tertiary/aromatic N) is 2. The third-order valence-corrected chi connectivity index (χ3v) is 7.84. The molecule has 0 bridgehead atoms. The summed E-state index contributed by atoms with van der Waals surface area (Å²) in [6.07, 6.45) is -5.57. The first-order valence-electron chi connectivity index (χ1n) is 7.11. The van der Waals surface area contributed by atoms with Crippen LogP contribution in [0.2, 0.25) is 0 Å². The Hall–Kier alpha value is -0.480. The van der Waals surface area contributed by atoms with Gasteiger partial charge in [-0.05, 0) is 11.9 Å². The molecule has 0 saturated carbocycles. The number of rotatable bonds is 8. The standard InChI is InChI=1S/C9H15N2O14P3S/c12-5-1-2-11(9(15)10-5)8-7(14)6(13)4(23-8)3-22-28(21,29)25-27(19,20)24-26(16,17)18/h1-2,4,6-8,13-14H,3H2,(H,19,20)(H,21,29)(H,10,12,15)(H2,16,17,18)/p-4/t4-,6-,7-,8-,28?/m1/s1. The van der Waals surface area contributed by atoms with Crippen LogP contribution in [-0.2, 0) is 39.3 Å². The summed E-state index contributed by atoms with van der Waals surface area (Å²) in [6.45, 7) is -0.906. The second-order valence-electron chi connectivity index (χ2n) is 5.32. The summed E-state index contributed by atoms with van der Waals surface area (Å²) >= 11 is 4.32. The van der Waals surface area contributed by atoms with Crippen LogP contribution in [0.1, 0.15) is 6.23 Å². The van der Waals surface area contributed by atoms with E-state index in [1.807, 2.05) is 0 Å². The second kappa shape index (κ2) is 8.94. The molecular weight excluding hydrogens is 485 g/mol. The first kappa shape index (κ1) is 24.8. The van der Waals surface area contributed by atoms with Gasteiger partial charge in [0, 0.05) is 6.20 Å². The molecule has 0 aromatic carbocycles. The van der Waals surface area contributed by atoms with Crippen molar-refractivity contribution in [3.8, 4) is 5.88 Å². The quantitative estimate of drug-likeness (QED) is 0.226. The summed E-state index contributed by atoms with van der Waals surface area (Å²) in [5.41, 5.74) is -1.10. The van der Waals surface area contributed by atoms with Crippen LogP contribution in [0.15, 0.2) is 17.1 Å². The maximum atomic E-state index is 11.7. The molecule has 1 aliphatic heterocycles. The molecule has 16 nitrogen and oxygen atoms in total. The smallest absolute Gasteiger partial charge is 0.349 e. The summed E-state index contributed by atoms with van der Waals surface area (Å²) in [4.78, 5) is 56.3. The molecule has 1 aliphatic rings. The van der Waals surface area contributed by atoms with Crippen molar-refractivity contribution in [2.75, 3.05) is 6.61 Å². The number of aromatic nitrogens is 2. The fraction of sp³-hybridized carbons (Fsp3) is 0.556. The van der Waals surface area contributed by atoms with Gasteiger partial charge in [0.1, 0.15) is 24.9 Å². The zero-order valence-corrected chi connectivity index (χ0v) is 17.1. The Morgan fingerprint density at radius 2 is 1.93 bits per heavy atom.